The monoisotopic (exact) mass is 1060 g/mol. The zero-order valence-corrected chi connectivity index (χ0v) is 50.3. The van der Waals surface area contributed by atoms with Crippen LogP contribution in [0.5, 0.6) is 0 Å². The van der Waals surface area contributed by atoms with Gasteiger partial charge >= 0.3 is 17.9 Å². The smallest absolute Gasteiger partial charge is 0.306 e. The fourth-order valence-electron chi connectivity index (χ4n) is 9.27. The second kappa shape index (κ2) is 64.1. The molecule has 0 aliphatic heterocycles. The summed E-state index contributed by atoms with van der Waals surface area (Å²) in [6.45, 7) is 6.50. The molecule has 0 aromatic rings. The van der Waals surface area contributed by atoms with Crippen LogP contribution < -0.4 is 0 Å². The Kier molecular flexibility index (Phi) is 61.2. The molecule has 0 bridgehead atoms. The highest BCUT2D eigenvalue weighted by Crippen LogP contribution is 2.17. The average Bonchev–Trinajstić information content (AvgIpc) is 3.42. The summed E-state index contributed by atoms with van der Waals surface area (Å²) >= 11 is 0. The van der Waals surface area contributed by atoms with Crippen molar-refractivity contribution in [2.45, 2.75) is 329 Å². The summed E-state index contributed by atoms with van der Waals surface area (Å²) in [4.78, 5) is 38.2. The SMILES string of the molecule is CC/C=C\C/C=C\C/C=C\C/C=C\CCCCC(=O)OC(COC(=O)CCCCCCCCCCCCCC)COC(=O)CCCCCCCCCCCCCCCCCC/C=C\C/C=C\C/C=C\CCCCCCC. The van der Waals surface area contributed by atoms with Crippen molar-refractivity contribution >= 4 is 17.9 Å². The van der Waals surface area contributed by atoms with Crippen molar-refractivity contribution < 1.29 is 28.6 Å². The van der Waals surface area contributed by atoms with Crippen molar-refractivity contribution in [3.63, 3.8) is 0 Å². The van der Waals surface area contributed by atoms with Gasteiger partial charge in [-0.2, -0.15) is 0 Å². The number of carbonyl (C=O) groups excluding carboxylic acids is 3. The van der Waals surface area contributed by atoms with Crippen molar-refractivity contribution in [3.05, 3.63) is 85.1 Å². The second-order valence-corrected chi connectivity index (χ2v) is 21.6. The Morgan fingerprint density at radius 3 is 0.829 bits per heavy atom. The van der Waals surface area contributed by atoms with Crippen molar-refractivity contribution in [2.75, 3.05) is 13.2 Å². The Morgan fingerprint density at radius 2 is 0.513 bits per heavy atom. The van der Waals surface area contributed by atoms with Crippen LogP contribution in [-0.4, -0.2) is 37.2 Å². The minimum Gasteiger partial charge on any atom is -0.462 e. The Bertz CT molecular complexity index is 1450. The van der Waals surface area contributed by atoms with E-state index in [1.165, 1.54) is 186 Å². The number of allylic oxidation sites excluding steroid dienone is 14. The molecule has 76 heavy (non-hydrogen) atoms. The van der Waals surface area contributed by atoms with E-state index in [-0.39, 0.29) is 37.5 Å². The number of hydrogen-bond donors (Lipinski definition) is 0. The molecule has 0 amide bonds. The lowest BCUT2D eigenvalue weighted by Gasteiger charge is -2.18. The largest absolute Gasteiger partial charge is 0.462 e. The quantitative estimate of drug-likeness (QED) is 0.0261. The lowest BCUT2D eigenvalue weighted by molar-refractivity contribution is -0.167. The van der Waals surface area contributed by atoms with Crippen LogP contribution in [0.15, 0.2) is 85.1 Å². The Morgan fingerprint density at radius 1 is 0.276 bits per heavy atom. The normalized spacial score (nSPS) is 12.6. The van der Waals surface area contributed by atoms with Gasteiger partial charge in [-0.1, -0.05) is 292 Å². The molecule has 0 aliphatic carbocycles. The highest BCUT2D eigenvalue weighted by Gasteiger charge is 2.19. The molecule has 0 rings (SSSR count). The molecule has 6 heteroatoms. The van der Waals surface area contributed by atoms with Gasteiger partial charge in [-0.05, 0) is 96.3 Å². The molecule has 0 saturated heterocycles. The predicted molar refractivity (Wildman–Crippen MR) is 330 cm³/mol. The maximum atomic E-state index is 12.8. The number of hydrogen-bond acceptors (Lipinski definition) is 6. The van der Waals surface area contributed by atoms with Crippen LogP contribution in [0.4, 0.5) is 0 Å². The van der Waals surface area contributed by atoms with Gasteiger partial charge in [0.15, 0.2) is 6.10 Å². The van der Waals surface area contributed by atoms with Crippen LogP contribution in [0.2, 0.25) is 0 Å². The van der Waals surface area contributed by atoms with Gasteiger partial charge in [0.1, 0.15) is 13.2 Å². The van der Waals surface area contributed by atoms with E-state index in [2.05, 4.69) is 106 Å². The molecule has 0 aromatic carbocycles. The molecule has 1 unspecified atom stereocenters. The first-order valence-electron chi connectivity index (χ1n) is 32.6. The summed E-state index contributed by atoms with van der Waals surface area (Å²) in [5, 5.41) is 0. The minimum atomic E-state index is -0.796. The van der Waals surface area contributed by atoms with Gasteiger partial charge in [-0.25, -0.2) is 0 Å². The topological polar surface area (TPSA) is 78.9 Å². The van der Waals surface area contributed by atoms with Crippen molar-refractivity contribution in [1.29, 1.82) is 0 Å². The van der Waals surface area contributed by atoms with E-state index >= 15 is 0 Å². The van der Waals surface area contributed by atoms with Gasteiger partial charge in [0.2, 0.25) is 0 Å². The van der Waals surface area contributed by atoms with E-state index < -0.39 is 6.10 Å². The maximum Gasteiger partial charge on any atom is 0.306 e. The maximum absolute atomic E-state index is 12.8. The van der Waals surface area contributed by atoms with Crippen molar-refractivity contribution in [2.24, 2.45) is 0 Å². The van der Waals surface area contributed by atoms with E-state index in [4.69, 9.17) is 14.2 Å². The van der Waals surface area contributed by atoms with Crippen molar-refractivity contribution in [1.82, 2.24) is 0 Å². The molecule has 0 radical (unpaired) electrons. The molecule has 0 heterocycles. The second-order valence-electron chi connectivity index (χ2n) is 21.6. The molecule has 0 saturated carbocycles. The van der Waals surface area contributed by atoms with Gasteiger partial charge < -0.3 is 14.2 Å². The first kappa shape index (κ1) is 72.6. The molecule has 0 fully saturated rings. The third-order valence-corrected chi connectivity index (χ3v) is 14.1. The average molecular weight is 1060 g/mol. The molecule has 1 atom stereocenters. The molecule has 0 aromatic heterocycles. The fraction of sp³-hybridized carbons (Fsp3) is 0.757. The number of ether oxygens (including phenoxy) is 3. The van der Waals surface area contributed by atoms with Gasteiger partial charge in [0, 0.05) is 19.3 Å². The minimum absolute atomic E-state index is 0.0897. The first-order chi connectivity index (χ1) is 37.5. The molecule has 0 aliphatic rings. The predicted octanol–water partition coefficient (Wildman–Crippen LogP) is 22.3. The van der Waals surface area contributed by atoms with Crippen LogP contribution in [0.25, 0.3) is 0 Å². The van der Waals surface area contributed by atoms with Gasteiger partial charge in [-0.3, -0.25) is 14.4 Å². The third kappa shape index (κ3) is 61.4. The van der Waals surface area contributed by atoms with Gasteiger partial charge in [0.05, 0.1) is 0 Å². The summed E-state index contributed by atoms with van der Waals surface area (Å²) in [7, 11) is 0. The van der Waals surface area contributed by atoms with E-state index in [9.17, 15) is 14.4 Å². The molecule has 0 spiro atoms. The van der Waals surface area contributed by atoms with Crippen LogP contribution >= 0.6 is 0 Å². The Labute approximate surface area is 471 Å². The van der Waals surface area contributed by atoms with Crippen LogP contribution in [-0.2, 0) is 28.6 Å². The molecule has 6 nitrogen and oxygen atoms in total. The Hall–Kier alpha value is -3.41. The molecule has 0 N–H and O–H groups in total. The summed E-state index contributed by atoms with van der Waals surface area (Å²) in [5.74, 6) is -0.920. The van der Waals surface area contributed by atoms with Crippen LogP contribution in [0, 0.1) is 0 Å². The fourth-order valence-corrected chi connectivity index (χ4v) is 9.27. The molecular formula is C70H122O6. The van der Waals surface area contributed by atoms with E-state index in [1.807, 2.05) is 0 Å². The standard InChI is InChI=1S/C70H122O6/c1-4-7-10-13-16-19-22-25-27-28-29-30-31-32-33-34-35-36-37-38-39-40-41-42-44-45-48-51-54-57-60-63-69(72)75-66-67(65-74-68(71)62-59-56-53-50-47-24-21-18-15-12-9-6-3)76-70(73)64-61-58-55-52-49-46-43-26-23-20-17-14-11-8-5-2/h8,11,17,20,22,25-26,28-29,31-32,43,49,52,67H,4-7,9-10,12-16,18-19,21,23-24,27,30,33-42,44-48,50-51,53-66H2,1-3H3/b11-8-,20-17-,25-22-,29-28-,32-31-,43-26-,52-49-. The highest BCUT2D eigenvalue weighted by molar-refractivity contribution is 5.71. The van der Waals surface area contributed by atoms with Gasteiger partial charge in [0.25, 0.3) is 0 Å². The number of rotatable bonds is 59. The number of esters is 3. The van der Waals surface area contributed by atoms with Gasteiger partial charge in [-0.15, -0.1) is 0 Å². The zero-order chi connectivity index (χ0) is 55.0. The van der Waals surface area contributed by atoms with Crippen LogP contribution in [0.1, 0.15) is 323 Å². The molecule has 438 valence electrons. The van der Waals surface area contributed by atoms with Crippen molar-refractivity contribution in [3.8, 4) is 0 Å². The molecular weight excluding hydrogens is 937 g/mol. The summed E-state index contributed by atoms with van der Waals surface area (Å²) < 4.78 is 16.9. The lowest BCUT2D eigenvalue weighted by Crippen LogP contribution is -2.30. The summed E-state index contributed by atoms with van der Waals surface area (Å²) in [6, 6.07) is 0. The van der Waals surface area contributed by atoms with Crippen LogP contribution in [0.3, 0.4) is 0 Å². The number of unbranched alkanes of at least 4 members (excludes halogenated alkanes) is 34. The zero-order valence-electron chi connectivity index (χ0n) is 50.3. The van der Waals surface area contributed by atoms with E-state index in [1.54, 1.807) is 0 Å². The lowest BCUT2D eigenvalue weighted by atomic mass is 10.0. The summed E-state index contributed by atoms with van der Waals surface area (Å²) in [5.41, 5.74) is 0. The van der Waals surface area contributed by atoms with E-state index in [0.29, 0.717) is 19.3 Å². The number of carbonyl (C=O) groups is 3. The first-order valence-corrected chi connectivity index (χ1v) is 32.6. The highest BCUT2D eigenvalue weighted by atomic mass is 16.6. The summed E-state index contributed by atoms with van der Waals surface area (Å²) in [6.07, 6.45) is 84.7. The third-order valence-electron chi connectivity index (χ3n) is 14.1. The van der Waals surface area contributed by atoms with E-state index in [0.717, 1.165) is 89.9 Å². The Balaban J connectivity index is 4.19.